The molecule has 0 spiro atoms. The second-order valence-electron chi connectivity index (χ2n) is 5.99. The number of likely N-dealkylation sites (tertiary alicyclic amines) is 1. The predicted molar refractivity (Wildman–Crippen MR) is 83.1 cm³/mol. The van der Waals surface area contributed by atoms with Crippen LogP contribution in [0.2, 0.25) is 0 Å². The van der Waals surface area contributed by atoms with Gasteiger partial charge in [0, 0.05) is 12.5 Å². The maximum atomic E-state index is 12.0. The zero-order chi connectivity index (χ0) is 15.2. The first-order valence-electron chi connectivity index (χ1n) is 8.07. The molecule has 0 unspecified atom stereocenters. The Kier molecular flexibility index (Phi) is 5.43. The van der Waals surface area contributed by atoms with Gasteiger partial charge >= 0.3 is 0 Å². The second kappa shape index (κ2) is 7.72. The van der Waals surface area contributed by atoms with Gasteiger partial charge in [-0.3, -0.25) is 9.69 Å². The largest absolute Gasteiger partial charge is 0.351 e. The van der Waals surface area contributed by atoms with Crippen LogP contribution in [0.15, 0.2) is 30.3 Å². The van der Waals surface area contributed by atoms with Crippen molar-refractivity contribution in [1.82, 2.24) is 10.2 Å². The van der Waals surface area contributed by atoms with E-state index in [1.54, 1.807) is 0 Å². The molecular formula is C17H24N2O3. The Balaban J connectivity index is 1.36. The van der Waals surface area contributed by atoms with Crippen LogP contribution in [0.25, 0.3) is 0 Å². The fraction of sp³-hybridized carbons (Fsp3) is 0.588. The van der Waals surface area contributed by atoms with Crippen LogP contribution in [-0.4, -0.2) is 49.9 Å². The van der Waals surface area contributed by atoms with E-state index in [1.165, 1.54) is 0 Å². The third kappa shape index (κ3) is 4.29. The zero-order valence-electron chi connectivity index (χ0n) is 12.9. The highest BCUT2D eigenvalue weighted by atomic mass is 16.7. The molecule has 2 aliphatic rings. The maximum absolute atomic E-state index is 12.0. The maximum Gasteiger partial charge on any atom is 0.234 e. The molecule has 2 saturated heterocycles. The Labute approximate surface area is 131 Å². The summed E-state index contributed by atoms with van der Waals surface area (Å²) in [6, 6.07) is 9.99. The summed E-state index contributed by atoms with van der Waals surface area (Å²) >= 11 is 0. The molecule has 1 amide bonds. The van der Waals surface area contributed by atoms with Crippen molar-refractivity contribution < 1.29 is 14.3 Å². The molecule has 0 aliphatic carbocycles. The number of benzene rings is 1. The van der Waals surface area contributed by atoms with Crippen molar-refractivity contribution in [3.05, 3.63) is 35.9 Å². The van der Waals surface area contributed by atoms with E-state index in [0.29, 0.717) is 32.2 Å². The van der Waals surface area contributed by atoms with E-state index in [2.05, 4.69) is 10.2 Å². The predicted octanol–water partition coefficient (Wildman–Crippen LogP) is 1.39. The third-order valence-corrected chi connectivity index (χ3v) is 4.36. The van der Waals surface area contributed by atoms with Crippen LogP contribution in [0.5, 0.6) is 0 Å². The Bertz CT molecular complexity index is 466. The normalized spacial score (nSPS) is 21.1. The van der Waals surface area contributed by atoms with Crippen molar-refractivity contribution in [2.75, 3.05) is 32.8 Å². The number of hydrogen-bond acceptors (Lipinski definition) is 4. The standard InChI is InChI=1S/C17H24N2O3/c20-16(18-12-14-4-2-1-3-5-14)13-19-8-6-15(7-9-19)17-21-10-11-22-17/h1-5,15,17H,6-13H2,(H,18,20). The van der Waals surface area contributed by atoms with Crippen LogP contribution < -0.4 is 5.32 Å². The van der Waals surface area contributed by atoms with E-state index < -0.39 is 0 Å². The molecule has 22 heavy (non-hydrogen) atoms. The lowest BCUT2D eigenvalue weighted by Gasteiger charge is -2.33. The van der Waals surface area contributed by atoms with Crippen molar-refractivity contribution in [1.29, 1.82) is 0 Å². The summed E-state index contributed by atoms with van der Waals surface area (Å²) in [4.78, 5) is 14.2. The summed E-state index contributed by atoms with van der Waals surface area (Å²) in [6.07, 6.45) is 2.06. The Morgan fingerprint density at radius 3 is 2.50 bits per heavy atom. The molecule has 3 rings (SSSR count). The summed E-state index contributed by atoms with van der Waals surface area (Å²) in [5.74, 6) is 0.571. The number of rotatable bonds is 5. The van der Waals surface area contributed by atoms with Gasteiger partial charge in [0.25, 0.3) is 0 Å². The van der Waals surface area contributed by atoms with Crippen molar-refractivity contribution in [3.63, 3.8) is 0 Å². The lowest BCUT2D eigenvalue weighted by molar-refractivity contribution is -0.124. The van der Waals surface area contributed by atoms with Gasteiger partial charge in [0.05, 0.1) is 19.8 Å². The van der Waals surface area contributed by atoms with Crippen molar-refractivity contribution in [2.24, 2.45) is 5.92 Å². The van der Waals surface area contributed by atoms with Crippen LogP contribution >= 0.6 is 0 Å². The van der Waals surface area contributed by atoms with Crippen molar-refractivity contribution in [2.45, 2.75) is 25.7 Å². The first kappa shape index (κ1) is 15.5. The molecule has 120 valence electrons. The lowest BCUT2D eigenvalue weighted by Crippen LogP contribution is -2.43. The Hall–Kier alpha value is -1.43. The summed E-state index contributed by atoms with van der Waals surface area (Å²) in [5, 5.41) is 2.98. The minimum atomic E-state index is -0.0194. The molecule has 1 aromatic carbocycles. The second-order valence-corrected chi connectivity index (χ2v) is 5.99. The molecule has 5 nitrogen and oxygen atoms in total. The molecule has 2 heterocycles. The Morgan fingerprint density at radius 2 is 1.82 bits per heavy atom. The van der Waals surface area contributed by atoms with Gasteiger partial charge in [-0.1, -0.05) is 30.3 Å². The summed E-state index contributed by atoms with van der Waals surface area (Å²) in [6.45, 7) is 4.38. The molecule has 0 atom stereocenters. The van der Waals surface area contributed by atoms with Gasteiger partial charge in [-0.05, 0) is 31.5 Å². The molecule has 2 aliphatic heterocycles. The average molecular weight is 304 g/mol. The van der Waals surface area contributed by atoms with Gasteiger partial charge in [-0.25, -0.2) is 0 Å². The fourth-order valence-corrected chi connectivity index (χ4v) is 3.09. The van der Waals surface area contributed by atoms with Crippen molar-refractivity contribution in [3.8, 4) is 0 Å². The molecule has 1 aromatic rings. The molecular weight excluding hydrogens is 280 g/mol. The quantitative estimate of drug-likeness (QED) is 0.893. The SMILES string of the molecule is O=C(CN1CCC(C2OCCO2)CC1)NCc1ccccc1. The Morgan fingerprint density at radius 1 is 1.14 bits per heavy atom. The highest BCUT2D eigenvalue weighted by Gasteiger charge is 2.30. The van der Waals surface area contributed by atoms with Gasteiger partial charge in [0.2, 0.25) is 5.91 Å². The minimum Gasteiger partial charge on any atom is -0.351 e. The molecule has 1 N–H and O–H groups in total. The zero-order valence-corrected chi connectivity index (χ0v) is 12.9. The van der Waals surface area contributed by atoms with Gasteiger partial charge in [0.15, 0.2) is 6.29 Å². The number of nitrogens with zero attached hydrogens (tertiary/aromatic N) is 1. The highest BCUT2D eigenvalue weighted by molar-refractivity contribution is 5.78. The van der Waals surface area contributed by atoms with Gasteiger partial charge in [0.1, 0.15) is 0 Å². The number of piperidine rings is 1. The minimum absolute atomic E-state index is 0.0194. The average Bonchev–Trinajstić information content (AvgIpc) is 3.09. The molecule has 0 bridgehead atoms. The summed E-state index contributed by atoms with van der Waals surface area (Å²) < 4.78 is 11.2. The van der Waals surface area contributed by atoms with E-state index in [9.17, 15) is 4.79 Å². The first-order chi connectivity index (χ1) is 10.8. The van der Waals surface area contributed by atoms with E-state index in [-0.39, 0.29) is 12.2 Å². The van der Waals surface area contributed by atoms with Crippen molar-refractivity contribution >= 4 is 5.91 Å². The van der Waals surface area contributed by atoms with Crippen LogP contribution in [0.1, 0.15) is 18.4 Å². The summed E-state index contributed by atoms with van der Waals surface area (Å²) in [5.41, 5.74) is 1.13. The molecule has 0 saturated carbocycles. The van der Waals surface area contributed by atoms with Gasteiger partial charge in [-0.2, -0.15) is 0 Å². The number of amides is 1. The number of nitrogens with one attached hydrogen (secondary N) is 1. The number of ether oxygens (including phenoxy) is 2. The van der Waals surface area contributed by atoms with E-state index in [4.69, 9.17) is 9.47 Å². The number of hydrogen-bond donors (Lipinski definition) is 1. The van der Waals surface area contributed by atoms with Gasteiger partial charge in [-0.15, -0.1) is 0 Å². The van der Waals surface area contributed by atoms with Crippen LogP contribution in [-0.2, 0) is 20.8 Å². The molecule has 0 radical (unpaired) electrons. The third-order valence-electron chi connectivity index (χ3n) is 4.36. The smallest absolute Gasteiger partial charge is 0.234 e. The summed E-state index contributed by atoms with van der Waals surface area (Å²) in [7, 11) is 0. The van der Waals surface area contributed by atoms with Crippen LogP contribution in [0, 0.1) is 5.92 Å². The highest BCUT2D eigenvalue weighted by Crippen LogP contribution is 2.25. The number of carbonyl (C=O) groups is 1. The van der Waals surface area contributed by atoms with E-state index in [1.807, 2.05) is 30.3 Å². The lowest BCUT2D eigenvalue weighted by atomic mass is 9.96. The fourth-order valence-electron chi connectivity index (χ4n) is 3.09. The first-order valence-corrected chi connectivity index (χ1v) is 8.07. The van der Waals surface area contributed by atoms with E-state index in [0.717, 1.165) is 31.5 Å². The topological polar surface area (TPSA) is 50.8 Å². The van der Waals surface area contributed by atoms with Crippen LogP contribution in [0.4, 0.5) is 0 Å². The van der Waals surface area contributed by atoms with Gasteiger partial charge < -0.3 is 14.8 Å². The monoisotopic (exact) mass is 304 g/mol. The van der Waals surface area contributed by atoms with E-state index >= 15 is 0 Å². The number of carbonyl (C=O) groups excluding carboxylic acids is 1. The molecule has 5 heteroatoms. The van der Waals surface area contributed by atoms with Crippen LogP contribution in [0.3, 0.4) is 0 Å². The molecule has 2 fully saturated rings. The molecule has 0 aromatic heterocycles.